The fraction of sp³-hybridized carbons (Fsp3) is 0.833. The second kappa shape index (κ2) is 12.4. The Morgan fingerprint density at radius 3 is 2.15 bits per heavy atom. The molecule has 3 aliphatic carbocycles. The summed E-state index contributed by atoms with van der Waals surface area (Å²) in [6.45, 7) is 8.21. The number of urea groups is 1. The Morgan fingerprint density at radius 1 is 0.976 bits per heavy atom. The average Bonchev–Trinajstić information content (AvgIpc) is 3.20. The lowest BCUT2D eigenvalue weighted by Crippen LogP contribution is -2.59. The number of amides is 4. The van der Waals surface area contributed by atoms with Gasteiger partial charge in [0.25, 0.3) is 5.91 Å². The van der Waals surface area contributed by atoms with Crippen LogP contribution in [-0.2, 0) is 19.2 Å². The number of nitrogens with two attached hydrogens (primary N) is 1. The van der Waals surface area contributed by atoms with Crippen molar-refractivity contribution in [3.63, 3.8) is 0 Å². The summed E-state index contributed by atoms with van der Waals surface area (Å²) in [4.78, 5) is 67.2. The van der Waals surface area contributed by atoms with E-state index < -0.39 is 46.0 Å². The molecule has 4 aliphatic rings. The van der Waals surface area contributed by atoms with Crippen LogP contribution in [0.25, 0.3) is 0 Å². The number of rotatable bonds is 11. The van der Waals surface area contributed by atoms with Crippen molar-refractivity contribution in [3.8, 4) is 0 Å². The molecular weight excluding hydrogens is 567 g/mol. The number of halogens is 2. The molecule has 41 heavy (non-hydrogen) atoms. The highest BCUT2D eigenvalue weighted by atomic mass is 35.5. The molecule has 2 unspecified atom stereocenters. The summed E-state index contributed by atoms with van der Waals surface area (Å²) in [6.07, 6.45) is 7.81. The Hall–Kier alpha value is -1.87. The number of fused-ring (bicyclic) bond motifs is 1. The summed E-state index contributed by atoms with van der Waals surface area (Å²) in [7, 11) is 0. The summed E-state index contributed by atoms with van der Waals surface area (Å²) in [5.74, 6) is -3.78. The third-order valence-electron chi connectivity index (χ3n) is 10.2. The van der Waals surface area contributed by atoms with E-state index in [0.29, 0.717) is 6.42 Å². The largest absolute Gasteiger partial charge is 0.363 e. The first-order valence-corrected chi connectivity index (χ1v) is 16.0. The van der Waals surface area contributed by atoms with Gasteiger partial charge in [-0.25, -0.2) is 4.79 Å². The van der Waals surface area contributed by atoms with Crippen LogP contribution in [0.3, 0.4) is 0 Å². The van der Waals surface area contributed by atoms with Crippen LogP contribution in [0.5, 0.6) is 0 Å². The number of ketones is 2. The van der Waals surface area contributed by atoms with Gasteiger partial charge in [-0.3, -0.25) is 19.2 Å². The lowest BCUT2D eigenvalue weighted by atomic mass is 9.76. The van der Waals surface area contributed by atoms with Crippen molar-refractivity contribution in [1.82, 2.24) is 15.5 Å². The van der Waals surface area contributed by atoms with Gasteiger partial charge < -0.3 is 21.3 Å². The van der Waals surface area contributed by atoms with Crippen LogP contribution >= 0.6 is 23.2 Å². The van der Waals surface area contributed by atoms with E-state index >= 15 is 0 Å². The fourth-order valence-corrected chi connectivity index (χ4v) is 7.63. The molecule has 4 fully saturated rings. The van der Waals surface area contributed by atoms with Gasteiger partial charge in [-0.2, -0.15) is 0 Å². The molecule has 0 aromatic rings. The third-order valence-corrected chi connectivity index (χ3v) is 11.2. The lowest BCUT2D eigenvalue weighted by molar-refractivity contribution is -0.143. The van der Waals surface area contributed by atoms with Crippen molar-refractivity contribution in [1.29, 1.82) is 0 Å². The van der Waals surface area contributed by atoms with Gasteiger partial charge in [-0.05, 0) is 43.4 Å². The molecular formula is C30H46Cl2N4O5. The molecule has 4 amide bonds. The van der Waals surface area contributed by atoms with Gasteiger partial charge >= 0.3 is 6.03 Å². The van der Waals surface area contributed by atoms with Gasteiger partial charge in [0, 0.05) is 36.8 Å². The molecule has 0 aromatic heterocycles. The number of primary amides is 1. The highest BCUT2D eigenvalue weighted by Gasteiger charge is 2.73. The van der Waals surface area contributed by atoms with E-state index in [1.165, 1.54) is 4.90 Å². The number of alkyl halides is 2. The summed E-state index contributed by atoms with van der Waals surface area (Å²) in [6, 6.07) is -2.27. The van der Waals surface area contributed by atoms with Crippen molar-refractivity contribution < 1.29 is 24.0 Å². The topological polar surface area (TPSA) is 139 Å². The van der Waals surface area contributed by atoms with E-state index in [1.807, 2.05) is 27.7 Å². The summed E-state index contributed by atoms with van der Waals surface area (Å²) >= 11 is 13.1. The second-order valence-corrected chi connectivity index (χ2v) is 15.4. The first kappa shape index (κ1) is 32.1. The van der Waals surface area contributed by atoms with Crippen molar-refractivity contribution in [3.05, 3.63) is 0 Å². The molecule has 1 saturated heterocycles. The van der Waals surface area contributed by atoms with Gasteiger partial charge in [0.1, 0.15) is 10.4 Å². The average molecular weight is 614 g/mol. The quantitative estimate of drug-likeness (QED) is 0.238. The third kappa shape index (κ3) is 7.03. The predicted molar refractivity (Wildman–Crippen MR) is 157 cm³/mol. The zero-order chi connectivity index (χ0) is 30.3. The summed E-state index contributed by atoms with van der Waals surface area (Å²) in [5.41, 5.74) is 5.16. The molecule has 1 aliphatic heterocycles. The highest BCUT2D eigenvalue weighted by Crippen LogP contribution is 2.65. The van der Waals surface area contributed by atoms with E-state index in [9.17, 15) is 24.0 Å². The maximum atomic E-state index is 14.2. The molecule has 0 spiro atoms. The monoisotopic (exact) mass is 612 g/mol. The number of carbonyl (C=O) groups excluding carboxylic acids is 5. The fourth-order valence-electron chi connectivity index (χ4n) is 6.80. The Kier molecular flexibility index (Phi) is 9.69. The number of nitrogens with zero attached hydrogens (tertiary/aromatic N) is 1. The van der Waals surface area contributed by atoms with Crippen molar-refractivity contribution >= 4 is 52.6 Å². The number of hydrogen-bond donors (Lipinski definition) is 3. The number of Topliss-reactive ketones (excluding diaryl/α,β-unsaturated/α-hetero) is 2. The highest BCUT2D eigenvalue weighted by molar-refractivity contribution is 6.51. The molecule has 0 radical (unpaired) electrons. The Bertz CT molecular complexity index is 1050. The van der Waals surface area contributed by atoms with E-state index in [2.05, 4.69) is 10.6 Å². The van der Waals surface area contributed by atoms with Crippen LogP contribution < -0.4 is 16.4 Å². The minimum Gasteiger partial charge on any atom is -0.363 e. The minimum absolute atomic E-state index is 0.0563. The molecule has 11 heteroatoms. The Labute approximate surface area is 253 Å². The summed E-state index contributed by atoms with van der Waals surface area (Å²) in [5, 5.41) is 5.92. The zero-order valence-electron chi connectivity index (χ0n) is 24.7. The summed E-state index contributed by atoms with van der Waals surface area (Å²) < 4.78 is -1.14. The number of piperidine rings is 1. The maximum absolute atomic E-state index is 14.2. The molecule has 0 bridgehead atoms. The SMILES string of the molecule is CC(NC(=O)N[C@H](C(=O)N1C[C@H]2[C@@H]([C@H]1C(=O)CC(CC1CCC1)C(=O)C(N)=O)C2(Cl)Cl)C1CCCCC1)C(C)(C)C. The van der Waals surface area contributed by atoms with E-state index in [0.717, 1.165) is 51.4 Å². The molecule has 9 nitrogen and oxygen atoms in total. The number of carbonyl (C=O) groups is 5. The van der Waals surface area contributed by atoms with Crippen LogP contribution in [0, 0.1) is 35.0 Å². The Balaban J connectivity index is 1.55. The van der Waals surface area contributed by atoms with Crippen LogP contribution in [-0.4, -0.2) is 63.3 Å². The predicted octanol–water partition coefficient (Wildman–Crippen LogP) is 4.12. The van der Waals surface area contributed by atoms with E-state index in [1.54, 1.807) is 0 Å². The first-order chi connectivity index (χ1) is 19.1. The van der Waals surface area contributed by atoms with Crippen LogP contribution in [0.1, 0.15) is 91.9 Å². The molecule has 4 N–H and O–H groups in total. The molecule has 230 valence electrons. The van der Waals surface area contributed by atoms with Gasteiger partial charge in [-0.15, -0.1) is 23.2 Å². The molecule has 6 atom stereocenters. The second-order valence-electron chi connectivity index (χ2n) is 14.0. The lowest BCUT2D eigenvalue weighted by Gasteiger charge is -2.37. The van der Waals surface area contributed by atoms with Crippen LogP contribution in [0.4, 0.5) is 4.79 Å². The van der Waals surface area contributed by atoms with Crippen LogP contribution in [0.15, 0.2) is 0 Å². The molecule has 3 saturated carbocycles. The van der Waals surface area contributed by atoms with E-state index in [4.69, 9.17) is 28.9 Å². The Morgan fingerprint density at radius 2 is 1.61 bits per heavy atom. The van der Waals surface area contributed by atoms with Crippen LogP contribution in [0.2, 0.25) is 0 Å². The van der Waals surface area contributed by atoms with Gasteiger partial charge in [0.2, 0.25) is 11.7 Å². The smallest absolute Gasteiger partial charge is 0.315 e. The van der Waals surface area contributed by atoms with Crippen molar-refractivity contribution in [2.75, 3.05) is 6.54 Å². The van der Waals surface area contributed by atoms with Crippen molar-refractivity contribution in [2.45, 2.75) is 114 Å². The standard InChI is InChI=1S/C30H46Cl2N4O5/c1-16(29(2,3)4)34-28(41)35-23(18-11-6-5-7-12-18)27(40)36-15-20-22(30(20,31)32)24(36)21(37)14-19(25(38)26(33)39)13-17-9-8-10-17/h16-20,22-24H,5-15H2,1-4H3,(H2,33,39)(H2,34,35,41)/t16?,19?,20-,22-,23-,24+/m0/s1. The molecule has 4 rings (SSSR count). The zero-order valence-corrected chi connectivity index (χ0v) is 26.2. The van der Waals surface area contributed by atoms with Gasteiger partial charge in [0.15, 0.2) is 5.78 Å². The normalized spacial score (nSPS) is 28.0. The molecule has 0 aromatic carbocycles. The van der Waals surface area contributed by atoms with Gasteiger partial charge in [0.05, 0.1) is 6.04 Å². The molecule has 1 heterocycles. The van der Waals surface area contributed by atoms with Gasteiger partial charge in [-0.1, -0.05) is 59.3 Å². The number of likely N-dealkylation sites (tertiary alicyclic amines) is 1. The first-order valence-electron chi connectivity index (χ1n) is 15.2. The van der Waals surface area contributed by atoms with E-state index in [-0.39, 0.29) is 53.9 Å². The maximum Gasteiger partial charge on any atom is 0.315 e. The number of nitrogens with one attached hydrogen (secondary N) is 2. The minimum atomic E-state index is -1.14. The number of hydrogen-bond acceptors (Lipinski definition) is 5. The van der Waals surface area contributed by atoms with Crippen molar-refractivity contribution in [2.24, 2.45) is 40.7 Å².